The van der Waals surface area contributed by atoms with E-state index < -0.39 is 0 Å². The Morgan fingerprint density at radius 2 is 1.38 bits per heavy atom. The summed E-state index contributed by atoms with van der Waals surface area (Å²) in [7, 11) is 0. The van der Waals surface area contributed by atoms with Crippen LogP contribution < -0.4 is 5.32 Å². The molecule has 4 rings (SSSR count). The van der Waals surface area contributed by atoms with Gasteiger partial charge in [-0.3, -0.25) is 0 Å². The van der Waals surface area contributed by atoms with Crippen molar-refractivity contribution in [2.45, 2.75) is 25.9 Å². The Morgan fingerprint density at radius 3 is 1.97 bits per heavy atom. The molecule has 29 heavy (non-hydrogen) atoms. The van der Waals surface area contributed by atoms with Gasteiger partial charge in [0.25, 0.3) is 0 Å². The van der Waals surface area contributed by atoms with Crippen LogP contribution in [0.5, 0.6) is 0 Å². The van der Waals surface area contributed by atoms with Crippen molar-refractivity contribution in [1.82, 2.24) is 14.8 Å². The molecule has 0 radical (unpaired) electrons. The van der Waals surface area contributed by atoms with E-state index in [9.17, 15) is 4.79 Å². The van der Waals surface area contributed by atoms with Gasteiger partial charge in [0.1, 0.15) is 5.82 Å². The van der Waals surface area contributed by atoms with Gasteiger partial charge in [0.2, 0.25) is 0 Å². The van der Waals surface area contributed by atoms with Crippen molar-refractivity contribution >= 4 is 17.5 Å². The van der Waals surface area contributed by atoms with Crippen LogP contribution >= 0.6 is 0 Å². The number of carbonyl (C=O) groups excluding carboxylic acids is 1. The number of anilines is 2. The number of nitrogens with one attached hydrogen (secondary N) is 1. The minimum atomic E-state index is 0.0272. The number of hydrogen-bond acceptors (Lipinski definition) is 3. The third-order valence-electron chi connectivity index (χ3n) is 5.62. The van der Waals surface area contributed by atoms with Crippen LogP contribution in [0.1, 0.15) is 37.1 Å². The molecule has 2 heterocycles. The number of rotatable bonds is 6. The van der Waals surface area contributed by atoms with Crippen LogP contribution in [0.25, 0.3) is 0 Å². The van der Waals surface area contributed by atoms with E-state index in [4.69, 9.17) is 0 Å². The lowest BCUT2D eigenvalue weighted by Gasteiger charge is -2.28. The maximum Gasteiger partial charge on any atom is 0.321 e. The summed E-state index contributed by atoms with van der Waals surface area (Å²) in [6, 6.07) is 24.4. The average Bonchev–Trinajstić information content (AvgIpc) is 3.16. The van der Waals surface area contributed by atoms with Gasteiger partial charge in [0.15, 0.2) is 0 Å². The zero-order chi connectivity index (χ0) is 20.2. The maximum atomic E-state index is 13.1. The van der Waals surface area contributed by atoms with Crippen molar-refractivity contribution in [2.75, 3.05) is 18.4 Å². The minimum Gasteiger partial charge on any atom is -0.340 e. The lowest BCUT2D eigenvalue weighted by molar-refractivity contribution is 0.170. The molecule has 3 aromatic rings. The number of amides is 2. The Bertz CT molecular complexity index is 944. The van der Waals surface area contributed by atoms with Gasteiger partial charge < -0.3 is 15.1 Å². The first-order chi connectivity index (χ1) is 14.1. The summed E-state index contributed by atoms with van der Waals surface area (Å²) in [6.07, 6.45) is 1.76. The van der Waals surface area contributed by atoms with Gasteiger partial charge >= 0.3 is 6.03 Å². The van der Waals surface area contributed by atoms with Crippen LogP contribution in [0.4, 0.5) is 16.3 Å². The topological polar surface area (TPSA) is 48.5 Å². The summed E-state index contributed by atoms with van der Waals surface area (Å²) in [4.78, 5) is 21.3. The lowest BCUT2D eigenvalue weighted by atomic mass is 10.1. The fourth-order valence-electron chi connectivity index (χ4n) is 3.81. The molecule has 1 aliphatic heterocycles. The fourth-order valence-corrected chi connectivity index (χ4v) is 3.81. The molecule has 5 nitrogen and oxygen atoms in total. The van der Waals surface area contributed by atoms with E-state index in [2.05, 4.69) is 48.4 Å². The third-order valence-corrected chi connectivity index (χ3v) is 5.62. The molecule has 0 saturated carbocycles. The largest absolute Gasteiger partial charge is 0.340 e. The first kappa shape index (κ1) is 19.0. The van der Waals surface area contributed by atoms with E-state index in [0.717, 1.165) is 30.2 Å². The van der Waals surface area contributed by atoms with Gasteiger partial charge in [-0.05, 0) is 49.2 Å². The molecule has 2 amide bonds. The second kappa shape index (κ2) is 8.35. The van der Waals surface area contributed by atoms with Gasteiger partial charge in [-0.15, -0.1) is 0 Å². The normalized spacial score (nSPS) is 16.0. The molecule has 1 saturated heterocycles. The number of pyridine rings is 1. The highest BCUT2D eigenvalue weighted by Crippen LogP contribution is 2.30. The third kappa shape index (κ3) is 4.09. The molecule has 0 spiro atoms. The molecular weight excluding hydrogens is 360 g/mol. The van der Waals surface area contributed by atoms with Crippen molar-refractivity contribution < 1.29 is 4.79 Å². The van der Waals surface area contributed by atoms with Crippen molar-refractivity contribution in [1.29, 1.82) is 0 Å². The molecule has 0 aliphatic carbocycles. The van der Waals surface area contributed by atoms with Gasteiger partial charge in [0.05, 0.1) is 12.1 Å². The zero-order valence-electron chi connectivity index (χ0n) is 16.8. The highest BCUT2D eigenvalue weighted by molar-refractivity contribution is 5.77. The molecule has 1 fully saturated rings. The van der Waals surface area contributed by atoms with E-state index in [1.165, 1.54) is 5.56 Å². The molecule has 1 N–H and O–H groups in total. The summed E-state index contributed by atoms with van der Waals surface area (Å²) in [5.41, 5.74) is 3.27. The van der Waals surface area contributed by atoms with E-state index in [1.54, 1.807) is 6.20 Å². The average molecular weight is 386 g/mol. The van der Waals surface area contributed by atoms with Crippen LogP contribution in [0.15, 0.2) is 79.0 Å². The van der Waals surface area contributed by atoms with Crippen molar-refractivity contribution in [2.24, 2.45) is 0 Å². The number of carbonyl (C=O) groups is 1. The number of nitrogens with zero attached hydrogens (tertiary/aromatic N) is 3. The molecule has 0 bridgehead atoms. The van der Waals surface area contributed by atoms with Gasteiger partial charge in [-0.1, -0.05) is 48.5 Å². The number of urea groups is 1. The number of aromatic nitrogens is 1. The Morgan fingerprint density at radius 1 is 0.793 bits per heavy atom. The summed E-state index contributed by atoms with van der Waals surface area (Å²) >= 11 is 0. The second-order valence-electron chi connectivity index (χ2n) is 7.39. The summed E-state index contributed by atoms with van der Waals surface area (Å²) < 4.78 is 0. The molecule has 0 unspecified atom stereocenters. The van der Waals surface area contributed by atoms with Gasteiger partial charge in [-0.25, -0.2) is 9.78 Å². The smallest absolute Gasteiger partial charge is 0.321 e. The first-order valence-corrected chi connectivity index (χ1v) is 10.0. The monoisotopic (exact) mass is 386 g/mol. The summed E-state index contributed by atoms with van der Waals surface area (Å²) in [6.45, 7) is 5.68. The Kier molecular flexibility index (Phi) is 5.47. The van der Waals surface area contributed by atoms with E-state index >= 15 is 0 Å². The maximum absolute atomic E-state index is 13.1. The van der Waals surface area contributed by atoms with Crippen LogP contribution in [0, 0.1) is 0 Å². The van der Waals surface area contributed by atoms with E-state index in [1.807, 2.05) is 58.3 Å². The van der Waals surface area contributed by atoms with E-state index in [-0.39, 0.29) is 18.1 Å². The highest BCUT2D eigenvalue weighted by atomic mass is 16.2. The van der Waals surface area contributed by atoms with Gasteiger partial charge in [0, 0.05) is 25.0 Å². The minimum absolute atomic E-state index is 0.0272. The van der Waals surface area contributed by atoms with Crippen molar-refractivity contribution in [3.05, 3.63) is 90.1 Å². The quantitative estimate of drug-likeness (QED) is 0.618. The predicted octanol–water partition coefficient (Wildman–Crippen LogP) is 5.39. The summed E-state index contributed by atoms with van der Waals surface area (Å²) in [5.74, 6) is 0.813. The first-order valence-electron chi connectivity index (χ1n) is 10.0. The Hall–Kier alpha value is -3.34. The van der Waals surface area contributed by atoms with Crippen molar-refractivity contribution in [3.8, 4) is 0 Å². The molecule has 5 heteroatoms. The van der Waals surface area contributed by atoms with Crippen LogP contribution in [0.3, 0.4) is 0 Å². The fraction of sp³-hybridized carbons (Fsp3) is 0.250. The number of hydrogen-bond donors (Lipinski definition) is 1. The van der Waals surface area contributed by atoms with Gasteiger partial charge in [-0.2, -0.15) is 0 Å². The Labute approximate surface area is 172 Å². The lowest BCUT2D eigenvalue weighted by Crippen LogP contribution is -2.35. The Balaban J connectivity index is 1.43. The van der Waals surface area contributed by atoms with Crippen molar-refractivity contribution in [3.63, 3.8) is 0 Å². The molecular formula is C24H26N4O. The predicted molar refractivity (Wildman–Crippen MR) is 116 cm³/mol. The highest BCUT2D eigenvalue weighted by Gasteiger charge is 2.35. The summed E-state index contributed by atoms with van der Waals surface area (Å²) in [5, 5.41) is 3.29. The van der Waals surface area contributed by atoms with Crippen LogP contribution in [-0.2, 0) is 0 Å². The molecule has 1 aliphatic rings. The van der Waals surface area contributed by atoms with Crippen LogP contribution in [0.2, 0.25) is 0 Å². The second-order valence-corrected chi connectivity index (χ2v) is 7.39. The molecule has 1 aromatic heterocycles. The standard InChI is InChI=1S/C24H26N4O/c1-18(20-8-4-3-5-9-20)27-16-17-28(24(27)29)19(2)21-11-13-22(14-12-21)26-23-10-6-7-15-25-23/h3-15,18-19H,16-17H2,1-2H3,(H,25,26)/t18-,19-/m0/s1. The number of benzene rings is 2. The van der Waals surface area contributed by atoms with Crippen LogP contribution in [-0.4, -0.2) is 33.9 Å². The van der Waals surface area contributed by atoms with E-state index in [0.29, 0.717) is 0 Å². The SMILES string of the molecule is C[C@@H](c1ccccc1)N1CCN([C@@H](C)c2ccc(Nc3ccccn3)cc2)C1=O. The zero-order valence-corrected chi connectivity index (χ0v) is 16.8. The molecule has 148 valence electrons. The molecule has 2 atom stereocenters. The molecule has 2 aromatic carbocycles.